The minimum atomic E-state index is 0.587. The Morgan fingerprint density at radius 3 is 2.26 bits per heavy atom. The number of rotatable bonds is 9. The summed E-state index contributed by atoms with van der Waals surface area (Å²) in [6.45, 7) is 8.46. The minimum absolute atomic E-state index is 0.587. The predicted molar refractivity (Wildman–Crippen MR) is 80.0 cm³/mol. The normalized spacial score (nSPS) is 13.9. The fourth-order valence-electron chi connectivity index (χ4n) is 2.25. The number of hydrogen-bond donors (Lipinski definition) is 1. The number of ether oxygens (including phenoxy) is 2. The second-order valence-corrected chi connectivity index (χ2v) is 4.86. The molecule has 1 aromatic carbocycles. The lowest BCUT2D eigenvalue weighted by Gasteiger charge is -2.23. The van der Waals surface area contributed by atoms with Gasteiger partial charge in [-0.2, -0.15) is 0 Å². The zero-order valence-corrected chi connectivity index (χ0v) is 12.6. The Morgan fingerprint density at radius 1 is 1.11 bits per heavy atom. The van der Waals surface area contributed by atoms with Crippen LogP contribution >= 0.6 is 0 Å². The zero-order valence-electron chi connectivity index (χ0n) is 12.6. The molecule has 0 aliphatic carbocycles. The molecule has 0 bridgehead atoms. The van der Waals surface area contributed by atoms with Gasteiger partial charge >= 0.3 is 0 Å². The number of hydrogen-bond acceptors (Lipinski definition) is 3. The van der Waals surface area contributed by atoms with E-state index >= 15 is 0 Å². The first kappa shape index (κ1) is 15.8. The predicted octanol–water partition coefficient (Wildman–Crippen LogP) is 3.49. The highest BCUT2D eigenvalue weighted by atomic mass is 16.5. The smallest absolute Gasteiger partial charge is 0.119 e. The second-order valence-electron chi connectivity index (χ2n) is 4.86. The molecule has 19 heavy (non-hydrogen) atoms. The maximum Gasteiger partial charge on any atom is 0.119 e. The summed E-state index contributed by atoms with van der Waals surface area (Å²) >= 11 is 0. The molecular formula is C16H27NO2. The van der Waals surface area contributed by atoms with Gasteiger partial charge in [0, 0.05) is 6.04 Å². The summed E-state index contributed by atoms with van der Waals surface area (Å²) < 4.78 is 10.9. The lowest BCUT2D eigenvalue weighted by molar-refractivity contribution is 0.254. The van der Waals surface area contributed by atoms with Gasteiger partial charge in [-0.3, -0.25) is 0 Å². The molecule has 0 aliphatic rings. The Morgan fingerprint density at radius 2 is 1.74 bits per heavy atom. The van der Waals surface area contributed by atoms with Gasteiger partial charge in [0.2, 0.25) is 0 Å². The molecule has 0 radical (unpaired) electrons. The number of benzene rings is 1. The molecule has 1 N–H and O–H groups in total. The lowest BCUT2D eigenvalue weighted by atomic mass is 9.96. The van der Waals surface area contributed by atoms with Crippen molar-refractivity contribution < 1.29 is 9.47 Å². The third kappa shape index (κ3) is 5.52. The number of nitrogens with one attached hydrogen (secondary N) is 1. The Hall–Kier alpha value is -1.22. The van der Waals surface area contributed by atoms with Gasteiger partial charge in [0.05, 0.1) is 13.7 Å². The summed E-state index contributed by atoms with van der Waals surface area (Å²) in [6.07, 6.45) is 2.23. The van der Waals surface area contributed by atoms with Gasteiger partial charge in [-0.05, 0) is 49.6 Å². The molecule has 2 atom stereocenters. The van der Waals surface area contributed by atoms with Crippen molar-refractivity contribution in [2.75, 3.05) is 20.3 Å². The molecule has 0 aromatic heterocycles. The van der Waals surface area contributed by atoms with E-state index in [0.717, 1.165) is 37.5 Å². The Balaban J connectivity index is 2.32. The monoisotopic (exact) mass is 265 g/mol. The van der Waals surface area contributed by atoms with E-state index in [4.69, 9.17) is 9.47 Å². The standard InChI is InChI=1S/C16H27NO2/c1-5-16(17-6-2)13(3)11-12-19-15-9-7-14(18-4)8-10-15/h7-10,13,16-17H,5-6,11-12H2,1-4H3. The van der Waals surface area contributed by atoms with Crippen LogP contribution in [0.15, 0.2) is 24.3 Å². The molecule has 0 fully saturated rings. The third-order valence-corrected chi connectivity index (χ3v) is 3.49. The lowest BCUT2D eigenvalue weighted by Crippen LogP contribution is -2.34. The molecule has 0 saturated carbocycles. The quantitative estimate of drug-likeness (QED) is 0.741. The van der Waals surface area contributed by atoms with E-state index in [1.165, 1.54) is 0 Å². The summed E-state index contributed by atoms with van der Waals surface area (Å²) in [6, 6.07) is 8.33. The molecule has 1 rings (SSSR count). The van der Waals surface area contributed by atoms with E-state index in [-0.39, 0.29) is 0 Å². The molecule has 108 valence electrons. The molecule has 0 spiro atoms. The molecule has 2 unspecified atom stereocenters. The second kappa shape index (κ2) is 8.81. The SMILES string of the molecule is CCNC(CC)C(C)CCOc1ccc(OC)cc1. The van der Waals surface area contributed by atoms with Gasteiger partial charge in [-0.15, -0.1) is 0 Å². The van der Waals surface area contributed by atoms with Gasteiger partial charge < -0.3 is 14.8 Å². The van der Waals surface area contributed by atoms with Crippen LogP contribution in [0.5, 0.6) is 11.5 Å². The molecule has 0 amide bonds. The summed E-state index contributed by atoms with van der Waals surface area (Å²) in [4.78, 5) is 0. The maximum atomic E-state index is 5.77. The van der Waals surface area contributed by atoms with E-state index in [1.807, 2.05) is 24.3 Å². The first-order chi connectivity index (χ1) is 9.21. The molecule has 3 nitrogen and oxygen atoms in total. The number of methoxy groups -OCH3 is 1. The largest absolute Gasteiger partial charge is 0.497 e. The van der Waals surface area contributed by atoms with Crippen LogP contribution in [0.4, 0.5) is 0 Å². The molecule has 3 heteroatoms. The zero-order chi connectivity index (χ0) is 14.1. The Bertz CT molecular complexity index is 337. The summed E-state index contributed by atoms with van der Waals surface area (Å²) in [5.41, 5.74) is 0. The average molecular weight is 265 g/mol. The molecule has 0 saturated heterocycles. The van der Waals surface area contributed by atoms with Gasteiger partial charge in [0.15, 0.2) is 0 Å². The van der Waals surface area contributed by atoms with E-state index in [9.17, 15) is 0 Å². The van der Waals surface area contributed by atoms with Crippen LogP contribution in [0.3, 0.4) is 0 Å². The van der Waals surface area contributed by atoms with Crippen molar-refractivity contribution >= 4 is 0 Å². The Kier molecular flexibility index (Phi) is 7.34. The van der Waals surface area contributed by atoms with Crippen molar-refractivity contribution in [1.29, 1.82) is 0 Å². The van der Waals surface area contributed by atoms with Crippen molar-refractivity contribution in [2.45, 2.75) is 39.7 Å². The van der Waals surface area contributed by atoms with E-state index in [1.54, 1.807) is 7.11 Å². The van der Waals surface area contributed by atoms with Crippen molar-refractivity contribution in [1.82, 2.24) is 5.32 Å². The fraction of sp³-hybridized carbons (Fsp3) is 0.625. The molecule has 1 aromatic rings. The summed E-state index contributed by atoms with van der Waals surface area (Å²) in [5, 5.41) is 3.52. The van der Waals surface area contributed by atoms with Crippen molar-refractivity contribution in [3.05, 3.63) is 24.3 Å². The van der Waals surface area contributed by atoms with Gasteiger partial charge in [-0.1, -0.05) is 20.8 Å². The topological polar surface area (TPSA) is 30.5 Å². The van der Waals surface area contributed by atoms with Crippen LogP contribution in [-0.2, 0) is 0 Å². The first-order valence-electron chi connectivity index (χ1n) is 7.21. The van der Waals surface area contributed by atoms with E-state index in [0.29, 0.717) is 12.0 Å². The summed E-state index contributed by atoms with van der Waals surface area (Å²) in [5.74, 6) is 2.40. The van der Waals surface area contributed by atoms with Gasteiger partial charge in [-0.25, -0.2) is 0 Å². The highest BCUT2D eigenvalue weighted by Gasteiger charge is 2.13. The van der Waals surface area contributed by atoms with Crippen LogP contribution in [0.1, 0.15) is 33.6 Å². The van der Waals surface area contributed by atoms with Crippen molar-refractivity contribution in [3.63, 3.8) is 0 Å². The first-order valence-corrected chi connectivity index (χ1v) is 7.21. The maximum absolute atomic E-state index is 5.77. The van der Waals surface area contributed by atoms with Crippen LogP contribution in [0, 0.1) is 5.92 Å². The highest BCUT2D eigenvalue weighted by molar-refractivity contribution is 5.31. The van der Waals surface area contributed by atoms with Gasteiger partial charge in [0.1, 0.15) is 11.5 Å². The minimum Gasteiger partial charge on any atom is -0.497 e. The average Bonchev–Trinajstić information content (AvgIpc) is 2.45. The van der Waals surface area contributed by atoms with Crippen LogP contribution < -0.4 is 14.8 Å². The molecule has 0 heterocycles. The van der Waals surface area contributed by atoms with Crippen LogP contribution in [-0.4, -0.2) is 26.3 Å². The van der Waals surface area contributed by atoms with Crippen LogP contribution in [0.2, 0.25) is 0 Å². The van der Waals surface area contributed by atoms with Crippen LogP contribution in [0.25, 0.3) is 0 Å². The molecular weight excluding hydrogens is 238 g/mol. The van der Waals surface area contributed by atoms with E-state index < -0.39 is 0 Å². The van der Waals surface area contributed by atoms with Gasteiger partial charge in [0.25, 0.3) is 0 Å². The Labute approximate surface area is 117 Å². The third-order valence-electron chi connectivity index (χ3n) is 3.49. The molecule has 0 aliphatic heterocycles. The fourth-order valence-corrected chi connectivity index (χ4v) is 2.25. The van der Waals surface area contributed by atoms with Crippen molar-refractivity contribution in [2.24, 2.45) is 5.92 Å². The van der Waals surface area contributed by atoms with Crippen molar-refractivity contribution in [3.8, 4) is 11.5 Å². The highest BCUT2D eigenvalue weighted by Crippen LogP contribution is 2.18. The summed E-state index contributed by atoms with van der Waals surface area (Å²) in [7, 11) is 1.67. The van der Waals surface area contributed by atoms with E-state index in [2.05, 4.69) is 26.1 Å².